The van der Waals surface area contributed by atoms with Crippen LogP contribution in [0.5, 0.6) is 17.2 Å². The third-order valence-corrected chi connectivity index (χ3v) is 6.23. The lowest BCUT2D eigenvalue weighted by Gasteiger charge is -2.25. The first-order valence-electron chi connectivity index (χ1n) is 13.1. The van der Waals surface area contributed by atoms with Gasteiger partial charge in [0.2, 0.25) is 18.6 Å². The molecule has 3 rings (SSSR count). The summed E-state index contributed by atoms with van der Waals surface area (Å²) in [6, 6.07) is 7.15. The highest BCUT2D eigenvalue weighted by Crippen LogP contribution is 2.32. The molecule has 0 spiro atoms. The first-order valence-corrected chi connectivity index (χ1v) is 13.1. The van der Waals surface area contributed by atoms with Crippen molar-refractivity contribution >= 4 is 17.9 Å². The number of phenols is 1. The highest BCUT2D eigenvalue weighted by molar-refractivity contribution is 5.91. The molecule has 39 heavy (non-hydrogen) atoms. The maximum Gasteiger partial charge on any atom is 0.408 e. The van der Waals surface area contributed by atoms with Gasteiger partial charge in [-0.1, -0.05) is 6.07 Å². The van der Waals surface area contributed by atoms with Crippen molar-refractivity contribution in [1.29, 1.82) is 0 Å². The van der Waals surface area contributed by atoms with Gasteiger partial charge in [0.15, 0.2) is 11.5 Å². The molecule has 10 heteroatoms. The first kappa shape index (κ1) is 29.6. The molecule has 0 fully saturated rings. The molecule has 0 aliphatic carbocycles. The zero-order valence-corrected chi connectivity index (χ0v) is 23.5. The van der Waals surface area contributed by atoms with Gasteiger partial charge < -0.3 is 35.3 Å². The molecule has 212 valence electrons. The van der Waals surface area contributed by atoms with E-state index in [2.05, 4.69) is 16.0 Å². The number of carbonyl (C=O) groups is 3. The Morgan fingerprint density at radius 2 is 1.67 bits per heavy atom. The number of alkyl carbamates (subject to hydrolysis) is 1. The lowest BCUT2D eigenvalue weighted by molar-refractivity contribution is -0.129. The molecule has 10 nitrogen and oxygen atoms in total. The molecular weight excluding hydrogens is 502 g/mol. The van der Waals surface area contributed by atoms with Gasteiger partial charge in [-0.2, -0.15) is 0 Å². The van der Waals surface area contributed by atoms with Crippen LogP contribution in [0, 0.1) is 13.8 Å². The van der Waals surface area contributed by atoms with E-state index in [0.717, 1.165) is 40.2 Å². The number of amides is 3. The predicted octanol–water partition coefficient (Wildman–Crippen LogP) is 3.43. The van der Waals surface area contributed by atoms with Gasteiger partial charge in [-0.3, -0.25) is 9.59 Å². The van der Waals surface area contributed by atoms with E-state index in [1.165, 1.54) is 0 Å². The van der Waals surface area contributed by atoms with Crippen LogP contribution in [-0.4, -0.2) is 54.0 Å². The van der Waals surface area contributed by atoms with Crippen molar-refractivity contribution in [2.24, 2.45) is 0 Å². The molecule has 2 aromatic carbocycles. The number of benzene rings is 2. The summed E-state index contributed by atoms with van der Waals surface area (Å²) in [7, 11) is 0. The van der Waals surface area contributed by atoms with E-state index in [1.54, 1.807) is 39.8 Å². The molecule has 4 N–H and O–H groups in total. The van der Waals surface area contributed by atoms with Gasteiger partial charge in [0, 0.05) is 13.0 Å². The summed E-state index contributed by atoms with van der Waals surface area (Å²) in [5.74, 6) is 0.725. The van der Waals surface area contributed by atoms with E-state index in [0.29, 0.717) is 13.0 Å². The number of aryl methyl sites for hydroxylation is 3. The Labute approximate surface area is 229 Å². The fraction of sp³-hybridized carbons (Fsp3) is 0.483. The van der Waals surface area contributed by atoms with Gasteiger partial charge in [-0.25, -0.2) is 4.79 Å². The molecule has 0 radical (unpaired) electrons. The minimum Gasteiger partial charge on any atom is -0.508 e. The Hall–Kier alpha value is -3.95. The minimum absolute atomic E-state index is 0.124. The average Bonchev–Trinajstić information content (AvgIpc) is 3.29. The number of carbonyl (C=O) groups excluding carboxylic acids is 3. The monoisotopic (exact) mass is 541 g/mol. The van der Waals surface area contributed by atoms with Crippen LogP contribution in [0.3, 0.4) is 0 Å². The maximum absolute atomic E-state index is 13.2. The number of nitrogens with one attached hydrogen (secondary N) is 3. The van der Waals surface area contributed by atoms with Crippen LogP contribution < -0.4 is 25.4 Å². The SMILES string of the molecule is Cc1cc(O)cc(C)c1C[C@H](NC(=O)OC(C)(C)C)C(=O)N[C@H](C)C(=O)NCCCc1ccc2c(c1)OCO2. The molecule has 3 amide bonds. The number of fused-ring (bicyclic) bond motifs is 1. The zero-order valence-electron chi connectivity index (χ0n) is 23.5. The van der Waals surface area contributed by atoms with Crippen molar-refractivity contribution in [1.82, 2.24) is 16.0 Å². The van der Waals surface area contributed by atoms with Gasteiger partial charge in [0.1, 0.15) is 23.4 Å². The van der Waals surface area contributed by atoms with Crippen LogP contribution in [0.4, 0.5) is 4.79 Å². The van der Waals surface area contributed by atoms with E-state index < -0.39 is 29.7 Å². The van der Waals surface area contributed by atoms with Gasteiger partial charge in [-0.15, -0.1) is 0 Å². The van der Waals surface area contributed by atoms with Crippen LogP contribution >= 0.6 is 0 Å². The normalized spacial score (nSPS) is 13.8. The molecule has 0 aromatic heterocycles. The van der Waals surface area contributed by atoms with Crippen molar-refractivity contribution < 1.29 is 33.7 Å². The van der Waals surface area contributed by atoms with Crippen LogP contribution in [-0.2, 0) is 27.2 Å². The summed E-state index contributed by atoms with van der Waals surface area (Å²) in [5.41, 5.74) is 2.70. The molecular formula is C29H39N3O7. The van der Waals surface area contributed by atoms with Gasteiger partial charge in [0.25, 0.3) is 0 Å². The van der Waals surface area contributed by atoms with Gasteiger partial charge in [0.05, 0.1) is 0 Å². The van der Waals surface area contributed by atoms with E-state index in [1.807, 2.05) is 32.0 Å². The highest BCUT2D eigenvalue weighted by atomic mass is 16.7. The Balaban J connectivity index is 1.57. The molecule has 1 aliphatic rings. The number of phenolic OH excluding ortho intramolecular Hbond substituents is 1. The fourth-order valence-corrected chi connectivity index (χ4v) is 4.29. The topological polar surface area (TPSA) is 135 Å². The van der Waals surface area contributed by atoms with Crippen molar-refractivity contribution in [2.45, 2.75) is 78.5 Å². The summed E-state index contributed by atoms with van der Waals surface area (Å²) in [5, 5.41) is 18.1. The third-order valence-electron chi connectivity index (χ3n) is 6.23. The lowest BCUT2D eigenvalue weighted by atomic mass is 9.95. The molecule has 1 heterocycles. The molecule has 2 aromatic rings. The van der Waals surface area contributed by atoms with Crippen LogP contribution in [0.1, 0.15) is 56.4 Å². The predicted molar refractivity (Wildman–Crippen MR) is 146 cm³/mol. The molecule has 2 atom stereocenters. The zero-order chi connectivity index (χ0) is 28.7. The fourth-order valence-electron chi connectivity index (χ4n) is 4.29. The van der Waals surface area contributed by atoms with E-state index in [-0.39, 0.29) is 24.9 Å². The Morgan fingerprint density at radius 1 is 1.00 bits per heavy atom. The highest BCUT2D eigenvalue weighted by Gasteiger charge is 2.28. The number of aromatic hydroxyl groups is 1. The van der Waals surface area contributed by atoms with E-state index in [4.69, 9.17) is 14.2 Å². The number of hydrogen-bond donors (Lipinski definition) is 4. The van der Waals surface area contributed by atoms with E-state index >= 15 is 0 Å². The van der Waals surface area contributed by atoms with Gasteiger partial charge in [-0.05, 0) is 101 Å². The largest absolute Gasteiger partial charge is 0.508 e. The molecule has 1 aliphatic heterocycles. The van der Waals surface area contributed by atoms with Crippen molar-refractivity contribution in [3.63, 3.8) is 0 Å². The number of hydrogen-bond acceptors (Lipinski definition) is 7. The summed E-state index contributed by atoms with van der Waals surface area (Å²) in [6.07, 6.45) is 0.865. The van der Waals surface area contributed by atoms with Crippen molar-refractivity contribution in [3.05, 3.63) is 52.6 Å². The van der Waals surface area contributed by atoms with Crippen LogP contribution in [0.15, 0.2) is 30.3 Å². The lowest BCUT2D eigenvalue weighted by Crippen LogP contribution is -2.54. The molecule has 0 saturated heterocycles. The molecule has 0 unspecified atom stereocenters. The average molecular weight is 542 g/mol. The minimum atomic E-state index is -0.997. The smallest absolute Gasteiger partial charge is 0.408 e. The molecule has 0 saturated carbocycles. The Morgan fingerprint density at radius 3 is 2.33 bits per heavy atom. The van der Waals surface area contributed by atoms with Crippen molar-refractivity contribution in [3.8, 4) is 17.2 Å². The van der Waals surface area contributed by atoms with Crippen LogP contribution in [0.2, 0.25) is 0 Å². The van der Waals surface area contributed by atoms with Gasteiger partial charge >= 0.3 is 6.09 Å². The summed E-state index contributed by atoms with van der Waals surface area (Å²) >= 11 is 0. The Kier molecular flexibility index (Phi) is 9.66. The second kappa shape index (κ2) is 12.7. The van der Waals surface area contributed by atoms with Crippen LogP contribution in [0.25, 0.3) is 0 Å². The second-order valence-corrected chi connectivity index (χ2v) is 10.8. The summed E-state index contributed by atoms with van der Waals surface area (Å²) < 4.78 is 16.1. The second-order valence-electron chi connectivity index (χ2n) is 10.8. The summed E-state index contributed by atoms with van der Waals surface area (Å²) in [6.45, 7) is 11.1. The quantitative estimate of drug-likeness (QED) is 0.339. The standard InChI is InChI=1S/C29H39N3O7/c1-17-12-21(33)13-18(2)22(17)15-23(32-28(36)39-29(4,5)6)27(35)31-19(3)26(34)30-11-7-8-20-9-10-24-25(14-20)38-16-37-24/h9-10,12-14,19,23,33H,7-8,11,15-16H2,1-6H3,(H,30,34)(H,31,35)(H,32,36)/t19-,23+/m1/s1. The maximum atomic E-state index is 13.2. The number of ether oxygens (including phenoxy) is 3. The van der Waals surface area contributed by atoms with Crippen molar-refractivity contribution in [2.75, 3.05) is 13.3 Å². The Bertz CT molecular complexity index is 1180. The third kappa shape index (κ3) is 8.80. The first-order chi connectivity index (χ1) is 18.3. The van der Waals surface area contributed by atoms with E-state index in [9.17, 15) is 19.5 Å². The summed E-state index contributed by atoms with van der Waals surface area (Å²) in [4.78, 5) is 38.4. The molecule has 0 bridgehead atoms. The number of rotatable bonds is 10.